The summed E-state index contributed by atoms with van der Waals surface area (Å²) in [4.78, 5) is 25.1. The van der Waals surface area contributed by atoms with E-state index in [-0.39, 0.29) is 6.09 Å². The molecule has 1 saturated carbocycles. The van der Waals surface area contributed by atoms with Crippen molar-refractivity contribution in [3.63, 3.8) is 0 Å². The summed E-state index contributed by atoms with van der Waals surface area (Å²) in [5.41, 5.74) is 2.14. The van der Waals surface area contributed by atoms with E-state index in [4.69, 9.17) is 4.74 Å². The second-order valence-electron chi connectivity index (χ2n) is 8.27. The number of hydrogen-bond donors (Lipinski definition) is 2. The molecular weight excluding hydrogens is 374 g/mol. The molecule has 28 heavy (non-hydrogen) atoms. The minimum absolute atomic E-state index is 0.331. The standard InChI is InChI=1S/C20H29N5O2S/c1-13-17(22-10-9-21-13)16-12-28-18(25-16)24-15-7-5-14(6-8-15)11-23-19(26)27-20(2,3)4/h9-10,12,14-15H,5-8,11H2,1-4H3,(H,23,26)(H,24,25). The molecule has 7 nitrogen and oxygen atoms in total. The first-order valence-electron chi connectivity index (χ1n) is 9.77. The molecule has 0 saturated heterocycles. The van der Waals surface area contributed by atoms with Crippen molar-refractivity contribution >= 4 is 22.6 Å². The van der Waals surface area contributed by atoms with Gasteiger partial charge in [-0.15, -0.1) is 11.3 Å². The van der Waals surface area contributed by atoms with Gasteiger partial charge in [-0.25, -0.2) is 9.78 Å². The molecule has 0 bridgehead atoms. The maximum atomic E-state index is 11.8. The van der Waals surface area contributed by atoms with Crippen LogP contribution in [-0.4, -0.2) is 39.2 Å². The molecule has 1 aliphatic carbocycles. The number of rotatable bonds is 5. The van der Waals surface area contributed by atoms with Crippen LogP contribution in [0, 0.1) is 12.8 Å². The van der Waals surface area contributed by atoms with Gasteiger partial charge in [-0.05, 0) is 59.3 Å². The predicted octanol–water partition coefficient (Wildman–Crippen LogP) is 4.40. The Hall–Kier alpha value is -2.22. The molecule has 0 radical (unpaired) electrons. The molecule has 2 N–H and O–H groups in total. The molecule has 1 fully saturated rings. The topological polar surface area (TPSA) is 89.0 Å². The molecule has 0 spiro atoms. The largest absolute Gasteiger partial charge is 0.444 e. The molecule has 0 aliphatic heterocycles. The van der Waals surface area contributed by atoms with Gasteiger partial charge in [-0.3, -0.25) is 9.97 Å². The van der Waals surface area contributed by atoms with Crippen LogP contribution in [0.5, 0.6) is 0 Å². The van der Waals surface area contributed by atoms with Crippen molar-refractivity contribution in [2.24, 2.45) is 5.92 Å². The van der Waals surface area contributed by atoms with Crippen molar-refractivity contribution in [1.82, 2.24) is 20.3 Å². The summed E-state index contributed by atoms with van der Waals surface area (Å²) >= 11 is 1.60. The molecule has 152 valence electrons. The summed E-state index contributed by atoms with van der Waals surface area (Å²) in [6, 6.07) is 0.416. The fourth-order valence-corrected chi connectivity index (χ4v) is 4.11. The molecule has 3 rings (SSSR count). The highest BCUT2D eigenvalue weighted by Gasteiger charge is 2.23. The average molecular weight is 404 g/mol. The van der Waals surface area contributed by atoms with Gasteiger partial charge in [0.25, 0.3) is 0 Å². The van der Waals surface area contributed by atoms with Crippen molar-refractivity contribution in [2.75, 3.05) is 11.9 Å². The lowest BCUT2D eigenvalue weighted by Crippen LogP contribution is -2.37. The van der Waals surface area contributed by atoms with Crippen LogP contribution in [0.3, 0.4) is 0 Å². The van der Waals surface area contributed by atoms with Gasteiger partial charge in [-0.2, -0.15) is 0 Å². The number of thiazole rings is 1. The van der Waals surface area contributed by atoms with Crippen LogP contribution in [-0.2, 0) is 4.74 Å². The van der Waals surface area contributed by atoms with E-state index in [9.17, 15) is 4.79 Å². The molecule has 2 heterocycles. The van der Waals surface area contributed by atoms with Crippen molar-refractivity contribution in [1.29, 1.82) is 0 Å². The van der Waals surface area contributed by atoms with E-state index in [1.807, 2.05) is 33.1 Å². The summed E-state index contributed by atoms with van der Waals surface area (Å²) in [7, 11) is 0. The van der Waals surface area contributed by atoms with Gasteiger partial charge >= 0.3 is 6.09 Å². The Morgan fingerprint density at radius 1 is 1.21 bits per heavy atom. The van der Waals surface area contributed by atoms with Crippen molar-refractivity contribution in [3.05, 3.63) is 23.5 Å². The third-order valence-corrected chi connectivity index (χ3v) is 5.51. The van der Waals surface area contributed by atoms with Gasteiger partial charge in [0.05, 0.1) is 5.69 Å². The molecular formula is C20H29N5O2S. The number of nitrogens with one attached hydrogen (secondary N) is 2. The van der Waals surface area contributed by atoms with Crippen molar-refractivity contribution < 1.29 is 9.53 Å². The van der Waals surface area contributed by atoms with Crippen LogP contribution in [0.2, 0.25) is 0 Å². The smallest absolute Gasteiger partial charge is 0.407 e. The van der Waals surface area contributed by atoms with Gasteiger partial charge < -0.3 is 15.4 Å². The Morgan fingerprint density at radius 3 is 2.61 bits per heavy atom. The van der Waals surface area contributed by atoms with Crippen molar-refractivity contribution in [3.8, 4) is 11.4 Å². The maximum absolute atomic E-state index is 11.8. The van der Waals surface area contributed by atoms with Gasteiger partial charge in [-0.1, -0.05) is 0 Å². The minimum atomic E-state index is -0.456. The van der Waals surface area contributed by atoms with Gasteiger partial charge in [0.2, 0.25) is 0 Å². The van der Waals surface area contributed by atoms with Crippen LogP contribution < -0.4 is 10.6 Å². The number of carbonyl (C=O) groups excluding carboxylic acids is 1. The lowest BCUT2D eigenvalue weighted by molar-refractivity contribution is 0.0515. The maximum Gasteiger partial charge on any atom is 0.407 e. The summed E-state index contributed by atoms with van der Waals surface area (Å²) in [5, 5.41) is 9.40. The molecule has 2 aromatic heterocycles. The van der Waals surface area contributed by atoms with Crippen LogP contribution in [0.25, 0.3) is 11.4 Å². The number of aromatic nitrogens is 3. The Labute approximate surface area is 170 Å². The fourth-order valence-electron chi connectivity index (χ4n) is 3.34. The lowest BCUT2D eigenvalue weighted by atomic mass is 9.86. The summed E-state index contributed by atoms with van der Waals surface area (Å²) in [5.74, 6) is 0.500. The third kappa shape index (κ3) is 5.89. The predicted molar refractivity (Wildman–Crippen MR) is 111 cm³/mol. The third-order valence-electron chi connectivity index (χ3n) is 4.74. The van der Waals surface area contributed by atoms with E-state index in [2.05, 4.69) is 25.6 Å². The molecule has 0 aromatic carbocycles. The first-order chi connectivity index (χ1) is 13.3. The molecule has 0 atom stereocenters. The Bertz CT molecular complexity index is 794. The number of carbonyl (C=O) groups is 1. The van der Waals surface area contributed by atoms with Crippen LogP contribution in [0.15, 0.2) is 17.8 Å². The zero-order chi connectivity index (χ0) is 20.1. The molecule has 1 aliphatic rings. The van der Waals surface area contributed by atoms with E-state index >= 15 is 0 Å². The number of hydrogen-bond acceptors (Lipinski definition) is 7. The van der Waals surface area contributed by atoms with E-state index in [1.165, 1.54) is 0 Å². The monoisotopic (exact) mass is 403 g/mol. The molecule has 0 unspecified atom stereocenters. The number of nitrogens with zero attached hydrogens (tertiary/aromatic N) is 3. The van der Waals surface area contributed by atoms with E-state index in [1.54, 1.807) is 23.7 Å². The van der Waals surface area contributed by atoms with Crippen LogP contribution in [0.1, 0.15) is 52.1 Å². The number of aryl methyl sites for hydroxylation is 1. The SMILES string of the molecule is Cc1nccnc1-c1csc(NC2CCC(CNC(=O)OC(C)(C)C)CC2)n1. The molecule has 2 aromatic rings. The summed E-state index contributed by atoms with van der Waals surface area (Å²) < 4.78 is 5.30. The van der Waals surface area contributed by atoms with E-state index in [0.717, 1.165) is 47.9 Å². The number of ether oxygens (including phenoxy) is 1. The molecule has 1 amide bonds. The highest BCUT2D eigenvalue weighted by Crippen LogP contribution is 2.29. The van der Waals surface area contributed by atoms with Crippen LogP contribution >= 0.6 is 11.3 Å². The number of anilines is 1. The molecule has 8 heteroatoms. The second-order valence-corrected chi connectivity index (χ2v) is 9.13. The average Bonchev–Trinajstić information content (AvgIpc) is 3.08. The second kappa shape index (κ2) is 8.86. The van der Waals surface area contributed by atoms with Gasteiger partial charge in [0.1, 0.15) is 17.0 Å². The zero-order valence-electron chi connectivity index (χ0n) is 17.0. The minimum Gasteiger partial charge on any atom is -0.444 e. The van der Waals surface area contributed by atoms with E-state index in [0.29, 0.717) is 18.5 Å². The van der Waals surface area contributed by atoms with Gasteiger partial charge in [0, 0.05) is 30.4 Å². The van der Waals surface area contributed by atoms with Crippen LogP contribution in [0.4, 0.5) is 9.93 Å². The van der Waals surface area contributed by atoms with Gasteiger partial charge in [0.15, 0.2) is 5.13 Å². The Morgan fingerprint density at radius 2 is 1.93 bits per heavy atom. The lowest BCUT2D eigenvalue weighted by Gasteiger charge is -2.29. The Kier molecular flexibility index (Phi) is 6.49. The fraction of sp³-hybridized carbons (Fsp3) is 0.600. The summed E-state index contributed by atoms with van der Waals surface area (Å²) in [6.07, 6.45) is 7.35. The highest BCUT2D eigenvalue weighted by molar-refractivity contribution is 7.14. The first-order valence-corrected chi connectivity index (χ1v) is 10.6. The summed E-state index contributed by atoms with van der Waals surface area (Å²) in [6.45, 7) is 8.24. The zero-order valence-corrected chi connectivity index (χ0v) is 17.8. The number of alkyl carbamates (subject to hydrolysis) is 1. The van der Waals surface area contributed by atoms with Crippen molar-refractivity contribution in [2.45, 2.75) is 65.0 Å². The number of amides is 1. The Balaban J connectivity index is 1.44. The van der Waals surface area contributed by atoms with E-state index < -0.39 is 5.60 Å². The first kappa shape index (κ1) is 20.5. The quantitative estimate of drug-likeness (QED) is 0.769. The highest BCUT2D eigenvalue weighted by atomic mass is 32.1. The normalized spacial score (nSPS) is 19.9.